The number of carbonyl (C=O) groups excluding carboxylic acids is 1. The van der Waals surface area contributed by atoms with E-state index in [1.54, 1.807) is 7.11 Å². The van der Waals surface area contributed by atoms with E-state index in [1.807, 2.05) is 26.8 Å². The highest BCUT2D eigenvalue weighted by Gasteiger charge is 2.30. The molecule has 24 heavy (non-hydrogen) atoms. The second kappa shape index (κ2) is 6.95. The van der Waals surface area contributed by atoms with Crippen LogP contribution in [0.3, 0.4) is 0 Å². The van der Waals surface area contributed by atoms with Crippen molar-refractivity contribution in [3.63, 3.8) is 0 Å². The van der Waals surface area contributed by atoms with E-state index >= 15 is 0 Å². The predicted octanol–water partition coefficient (Wildman–Crippen LogP) is 2.86. The Labute approximate surface area is 141 Å². The molecule has 1 aliphatic rings. The Balaban J connectivity index is 2.40. The van der Waals surface area contributed by atoms with Crippen molar-refractivity contribution in [2.75, 3.05) is 12.8 Å². The van der Waals surface area contributed by atoms with Gasteiger partial charge in [-0.25, -0.2) is 4.79 Å². The monoisotopic (exact) mass is 333 g/mol. The topological polar surface area (TPSA) is 98.9 Å². The first-order valence-corrected chi connectivity index (χ1v) is 7.81. The van der Waals surface area contributed by atoms with E-state index in [4.69, 9.17) is 20.3 Å². The summed E-state index contributed by atoms with van der Waals surface area (Å²) in [5.74, 6) is -0.660. The number of hydrogen-bond acceptors (Lipinski definition) is 5. The van der Waals surface area contributed by atoms with E-state index in [2.05, 4.69) is 0 Å². The smallest absolute Gasteiger partial charge is 0.341 e. The van der Waals surface area contributed by atoms with Gasteiger partial charge < -0.3 is 20.3 Å². The number of anilines is 1. The van der Waals surface area contributed by atoms with Crippen LogP contribution in [0.25, 0.3) is 0 Å². The zero-order valence-electron chi connectivity index (χ0n) is 14.4. The molecule has 6 heteroatoms. The molecule has 1 aliphatic heterocycles. The number of rotatable bonds is 6. The number of hydrogen-bond donors (Lipinski definition) is 2. The van der Waals surface area contributed by atoms with Crippen molar-refractivity contribution < 1.29 is 24.2 Å². The number of carboxylic acid groups (broad SMARTS) is 1. The van der Waals surface area contributed by atoms with Crippen LogP contribution in [0.4, 0.5) is 5.69 Å². The number of methoxy groups -OCH3 is 1. The second-order valence-electron chi connectivity index (χ2n) is 6.13. The maximum atomic E-state index is 11.9. The largest absolute Gasteiger partial charge is 0.496 e. The minimum atomic E-state index is -0.830. The number of ether oxygens (including phenoxy) is 2. The molecule has 0 saturated heterocycles. The number of carboxylic acids is 1. The van der Waals surface area contributed by atoms with E-state index in [-0.39, 0.29) is 18.9 Å². The van der Waals surface area contributed by atoms with Crippen LogP contribution in [-0.4, -0.2) is 24.2 Å². The molecule has 0 fully saturated rings. The van der Waals surface area contributed by atoms with E-state index in [1.165, 1.54) is 0 Å². The highest BCUT2D eigenvalue weighted by molar-refractivity contribution is 6.00. The first-order chi connectivity index (χ1) is 11.3. The summed E-state index contributed by atoms with van der Waals surface area (Å²) in [5.41, 5.74) is 10.3. The fourth-order valence-corrected chi connectivity index (χ4v) is 2.98. The molecule has 0 radical (unpaired) electrons. The van der Waals surface area contributed by atoms with Crippen LogP contribution in [0, 0.1) is 12.8 Å². The number of fused-ring (bicyclic) bond motifs is 1. The maximum Gasteiger partial charge on any atom is 0.341 e. The van der Waals surface area contributed by atoms with Crippen LogP contribution < -0.4 is 10.5 Å². The molecule has 130 valence electrons. The van der Waals surface area contributed by atoms with Crippen molar-refractivity contribution in [1.82, 2.24) is 0 Å². The first kappa shape index (κ1) is 17.8. The first-order valence-electron chi connectivity index (χ1n) is 7.81. The maximum absolute atomic E-state index is 11.9. The fraction of sp³-hybridized carbons (Fsp3) is 0.444. The molecule has 2 rings (SSSR count). The SMILES string of the molecule is COc1c(C)c2c(c(N)c1CC=C(C)[C@@H](C)CC(=O)O)C(=O)OC2. The number of benzene rings is 1. The van der Waals surface area contributed by atoms with Gasteiger partial charge in [-0.3, -0.25) is 4.79 Å². The van der Waals surface area contributed by atoms with Gasteiger partial charge in [0.05, 0.1) is 24.8 Å². The van der Waals surface area contributed by atoms with E-state index in [0.717, 1.165) is 22.3 Å². The molecule has 3 N–H and O–H groups in total. The van der Waals surface area contributed by atoms with Crippen LogP contribution in [0.2, 0.25) is 0 Å². The fourth-order valence-electron chi connectivity index (χ4n) is 2.98. The molecule has 0 aromatic heterocycles. The molecule has 0 unspecified atom stereocenters. The zero-order chi connectivity index (χ0) is 18.0. The Morgan fingerprint density at radius 1 is 1.50 bits per heavy atom. The van der Waals surface area contributed by atoms with Gasteiger partial charge in [0.2, 0.25) is 0 Å². The Bertz CT molecular complexity index is 721. The summed E-state index contributed by atoms with van der Waals surface area (Å²) in [4.78, 5) is 22.8. The Morgan fingerprint density at radius 3 is 2.75 bits per heavy atom. The second-order valence-corrected chi connectivity index (χ2v) is 6.13. The number of cyclic esters (lactones) is 1. The number of esters is 1. The number of nitrogens with two attached hydrogens (primary N) is 1. The summed E-state index contributed by atoms with van der Waals surface area (Å²) >= 11 is 0. The van der Waals surface area contributed by atoms with Crippen LogP contribution in [0.15, 0.2) is 11.6 Å². The van der Waals surface area contributed by atoms with E-state index < -0.39 is 11.9 Å². The van der Waals surface area contributed by atoms with Gasteiger partial charge in [-0.1, -0.05) is 18.6 Å². The number of aliphatic carboxylic acids is 1. The van der Waals surface area contributed by atoms with Gasteiger partial charge in [0.25, 0.3) is 0 Å². The normalized spacial score (nSPS) is 15.0. The number of allylic oxidation sites excluding steroid dienone is 2. The summed E-state index contributed by atoms with van der Waals surface area (Å²) in [6, 6.07) is 0. The summed E-state index contributed by atoms with van der Waals surface area (Å²) in [5, 5.41) is 8.90. The summed E-state index contributed by atoms with van der Waals surface area (Å²) in [6.45, 7) is 5.86. The lowest BCUT2D eigenvalue weighted by Gasteiger charge is -2.17. The van der Waals surface area contributed by atoms with Crippen molar-refractivity contribution in [2.24, 2.45) is 5.92 Å². The molecule has 1 heterocycles. The third-order valence-corrected chi connectivity index (χ3v) is 4.61. The lowest BCUT2D eigenvalue weighted by Crippen LogP contribution is -2.09. The van der Waals surface area contributed by atoms with Crippen LogP contribution in [-0.2, 0) is 22.6 Å². The molecule has 6 nitrogen and oxygen atoms in total. The van der Waals surface area contributed by atoms with Crippen LogP contribution in [0.5, 0.6) is 5.75 Å². The minimum Gasteiger partial charge on any atom is -0.496 e. The van der Waals surface area contributed by atoms with Gasteiger partial charge in [0, 0.05) is 11.1 Å². The van der Waals surface area contributed by atoms with Gasteiger partial charge in [-0.15, -0.1) is 0 Å². The van der Waals surface area contributed by atoms with Gasteiger partial charge in [0.1, 0.15) is 12.4 Å². The van der Waals surface area contributed by atoms with Crippen LogP contribution in [0.1, 0.15) is 47.3 Å². The molecule has 0 saturated carbocycles. The molecule has 0 amide bonds. The summed E-state index contributed by atoms with van der Waals surface area (Å²) < 4.78 is 10.6. The van der Waals surface area contributed by atoms with Gasteiger partial charge in [0.15, 0.2) is 0 Å². The Morgan fingerprint density at radius 2 is 2.17 bits per heavy atom. The highest BCUT2D eigenvalue weighted by atomic mass is 16.5. The lowest BCUT2D eigenvalue weighted by molar-refractivity contribution is -0.137. The Hall–Kier alpha value is -2.50. The van der Waals surface area contributed by atoms with Gasteiger partial charge in [-0.05, 0) is 31.7 Å². The third-order valence-electron chi connectivity index (χ3n) is 4.61. The van der Waals surface area contributed by atoms with Crippen molar-refractivity contribution in [3.05, 3.63) is 33.9 Å². The van der Waals surface area contributed by atoms with Crippen molar-refractivity contribution in [3.8, 4) is 5.75 Å². The molecular weight excluding hydrogens is 310 g/mol. The lowest BCUT2D eigenvalue weighted by atomic mass is 9.92. The number of carbonyl (C=O) groups is 2. The highest BCUT2D eigenvalue weighted by Crippen LogP contribution is 2.39. The molecule has 1 atom stereocenters. The summed E-state index contributed by atoms with van der Waals surface area (Å²) in [6.07, 6.45) is 2.48. The molecule has 0 spiro atoms. The molecule has 1 aromatic carbocycles. The van der Waals surface area contributed by atoms with E-state index in [0.29, 0.717) is 23.4 Å². The predicted molar refractivity (Wildman–Crippen MR) is 90.1 cm³/mol. The van der Waals surface area contributed by atoms with Crippen molar-refractivity contribution in [1.29, 1.82) is 0 Å². The van der Waals surface area contributed by atoms with Crippen molar-refractivity contribution in [2.45, 2.75) is 40.2 Å². The van der Waals surface area contributed by atoms with Gasteiger partial charge >= 0.3 is 11.9 Å². The molecule has 0 aliphatic carbocycles. The van der Waals surface area contributed by atoms with Crippen molar-refractivity contribution >= 4 is 17.6 Å². The standard InChI is InChI=1S/C18H23NO5/c1-9(10(2)7-14(20)21)5-6-12-16(19)15-13(8-24-18(15)22)11(3)17(12)23-4/h5,10H,6-8,19H2,1-4H3,(H,20,21)/t10-/m0/s1. The molecule has 0 bridgehead atoms. The minimum absolute atomic E-state index is 0.0739. The molecule has 1 aromatic rings. The molecular formula is C18H23NO5. The zero-order valence-corrected chi connectivity index (χ0v) is 14.4. The van der Waals surface area contributed by atoms with Gasteiger partial charge in [-0.2, -0.15) is 0 Å². The average molecular weight is 333 g/mol. The van der Waals surface area contributed by atoms with E-state index in [9.17, 15) is 9.59 Å². The summed E-state index contributed by atoms with van der Waals surface area (Å²) in [7, 11) is 1.57. The van der Waals surface area contributed by atoms with Crippen LogP contribution >= 0.6 is 0 Å². The number of nitrogen functional groups attached to an aromatic ring is 1. The quantitative estimate of drug-likeness (QED) is 0.472. The Kier molecular flexibility index (Phi) is 5.17. The average Bonchev–Trinajstić information content (AvgIpc) is 2.90. The third kappa shape index (κ3) is 3.22.